The Morgan fingerprint density at radius 1 is 1.50 bits per heavy atom. The molecule has 0 N–H and O–H groups in total. The summed E-state index contributed by atoms with van der Waals surface area (Å²) in [4.78, 5) is 23.2. The number of nitrogens with zero attached hydrogens (tertiary/aromatic N) is 2. The van der Waals surface area contributed by atoms with E-state index in [-0.39, 0.29) is 0 Å². The number of rotatable bonds is 3. The SMILES string of the molecule is CCC1CCN(C(=O)c2cc(F)cc([N+](=O)[O-])c2F)C1. The summed E-state index contributed by atoms with van der Waals surface area (Å²) in [5, 5.41) is 10.6. The van der Waals surface area contributed by atoms with Crippen LogP contribution >= 0.6 is 0 Å². The van der Waals surface area contributed by atoms with Gasteiger partial charge in [-0.3, -0.25) is 14.9 Å². The van der Waals surface area contributed by atoms with Crippen molar-refractivity contribution in [1.29, 1.82) is 0 Å². The number of hydrogen-bond donors (Lipinski definition) is 0. The molecule has 2 rings (SSSR count). The third kappa shape index (κ3) is 2.61. The van der Waals surface area contributed by atoms with Gasteiger partial charge in [-0.25, -0.2) is 4.39 Å². The number of hydrogen-bond acceptors (Lipinski definition) is 3. The Morgan fingerprint density at radius 2 is 2.20 bits per heavy atom. The molecule has 20 heavy (non-hydrogen) atoms. The van der Waals surface area contributed by atoms with E-state index in [4.69, 9.17) is 0 Å². The molecule has 1 aromatic carbocycles. The summed E-state index contributed by atoms with van der Waals surface area (Å²) in [7, 11) is 0. The van der Waals surface area contributed by atoms with Gasteiger partial charge >= 0.3 is 5.69 Å². The lowest BCUT2D eigenvalue weighted by molar-refractivity contribution is -0.387. The van der Waals surface area contributed by atoms with Crippen LogP contribution in [0.3, 0.4) is 0 Å². The second-order valence-corrected chi connectivity index (χ2v) is 4.86. The quantitative estimate of drug-likeness (QED) is 0.633. The first-order valence-corrected chi connectivity index (χ1v) is 6.36. The van der Waals surface area contributed by atoms with E-state index in [9.17, 15) is 23.7 Å². The Bertz CT molecular complexity index is 563. The minimum absolute atomic E-state index is 0.338. The van der Waals surface area contributed by atoms with Crippen LogP contribution in [-0.2, 0) is 0 Å². The highest BCUT2D eigenvalue weighted by Crippen LogP contribution is 2.26. The molecule has 108 valence electrons. The summed E-state index contributed by atoms with van der Waals surface area (Å²) in [6.45, 7) is 2.92. The summed E-state index contributed by atoms with van der Waals surface area (Å²) in [6, 6.07) is 1.19. The Hall–Kier alpha value is -2.05. The number of likely N-dealkylation sites (tertiary alicyclic amines) is 1. The second-order valence-electron chi connectivity index (χ2n) is 4.86. The second kappa shape index (κ2) is 5.52. The molecule has 0 aliphatic carbocycles. The number of nitro benzene ring substituents is 1. The topological polar surface area (TPSA) is 63.5 Å². The maximum Gasteiger partial charge on any atom is 0.308 e. The van der Waals surface area contributed by atoms with Crippen LogP contribution in [0.1, 0.15) is 30.1 Å². The van der Waals surface area contributed by atoms with Crippen LogP contribution in [0.15, 0.2) is 12.1 Å². The summed E-state index contributed by atoms with van der Waals surface area (Å²) in [6.07, 6.45) is 1.71. The van der Waals surface area contributed by atoms with E-state index in [1.807, 2.05) is 6.92 Å². The van der Waals surface area contributed by atoms with Gasteiger partial charge in [0.1, 0.15) is 5.82 Å². The smallest absolute Gasteiger partial charge is 0.308 e. The van der Waals surface area contributed by atoms with Crippen molar-refractivity contribution >= 4 is 11.6 Å². The van der Waals surface area contributed by atoms with Crippen molar-refractivity contribution in [2.24, 2.45) is 5.92 Å². The third-order valence-corrected chi connectivity index (χ3v) is 3.60. The fourth-order valence-electron chi connectivity index (χ4n) is 2.38. The van der Waals surface area contributed by atoms with Gasteiger partial charge in [0.15, 0.2) is 0 Å². The van der Waals surface area contributed by atoms with Gasteiger partial charge in [-0.15, -0.1) is 0 Å². The van der Waals surface area contributed by atoms with Crippen molar-refractivity contribution in [2.45, 2.75) is 19.8 Å². The molecule has 1 aromatic rings. The average molecular weight is 284 g/mol. The zero-order chi connectivity index (χ0) is 14.9. The molecule has 0 aromatic heterocycles. The molecule has 1 aliphatic heterocycles. The van der Waals surface area contributed by atoms with Gasteiger partial charge in [-0.05, 0) is 18.4 Å². The van der Waals surface area contributed by atoms with Crippen LogP contribution in [0.2, 0.25) is 0 Å². The fourth-order valence-corrected chi connectivity index (χ4v) is 2.38. The molecule has 0 spiro atoms. The van der Waals surface area contributed by atoms with Crippen molar-refractivity contribution in [1.82, 2.24) is 4.90 Å². The molecular formula is C13H14F2N2O3. The van der Waals surface area contributed by atoms with Gasteiger partial charge < -0.3 is 4.90 Å². The van der Waals surface area contributed by atoms with Gasteiger partial charge in [0, 0.05) is 13.1 Å². The highest BCUT2D eigenvalue weighted by molar-refractivity contribution is 5.95. The third-order valence-electron chi connectivity index (χ3n) is 3.60. The Labute approximate surface area is 114 Å². The number of halogens is 2. The van der Waals surface area contributed by atoms with Gasteiger partial charge in [-0.1, -0.05) is 13.3 Å². The van der Waals surface area contributed by atoms with Gasteiger partial charge in [-0.2, -0.15) is 4.39 Å². The number of carbonyl (C=O) groups excluding carboxylic acids is 1. The predicted octanol–water partition coefficient (Wildman–Crippen LogP) is 2.75. The molecule has 1 unspecified atom stereocenters. The van der Waals surface area contributed by atoms with Gasteiger partial charge in [0.2, 0.25) is 5.82 Å². The minimum Gasteiger partial charge on any atom is -0.338 e. The summed E-state index contributed by atoms with van der Waals surface area (Å²) >= 11 is 0. The summed E-state index contributed by atoms with van der Waals surface area (Å²) < 4.78 is 27.2. The molecule has 0 saturated carbocycles. The lowest BCUT2D eigenvalue weighted by atomic mass is 10.1. The molecule has 1 heterocycles. The van der Waals surface area contributed by atoms with E-state index < -0.39 is 33.7 Å². The zero-order valence-corrected chi connectivity index (χ0v) is 10.9. The first-order valence-electron chi connectivity index (χ1n) is 6.36. The lowest BCUT2D eigenvalue weighted by Crippen LogP contribution is -2.29. The molecule has 0 radical (unpaired) electrons. The van der Waals surface area contributed by atoms with Gasteiger partial charge in [0.05, 0.1) is 16.6 Å². The molecule has 1 amide bonds. The number of nitro groups is 1. The van der Waals surface area contributed by atoms with Crippen LogP contribution in [-0.4, -0.2) is 28.8 Å². The lowest BCUT2D eigenvalue weighted by Gasteiger charge is -2.16. The van der Waals surface area contributed by atoms with Crippen molar-refractivity contribution in [3.63, 3.8) is 0 Å². The molecule has 5 nitrogen and oxygen atoms in total. The first-order chi connectivity index (χ1) is 9.43. The molecule has 1 aliphatic rings. The fraction of sp³-hybridized carbons (Fsp3) is 0.462. The molecule has 0 bridgehead atoms. The highest BCUT2D eigenvalue weighted by Gasteiger charge is 2.30. The Morgan fingerprint density at radius 3 is 2.75 bits per heavy atom. The maximum absolute atomic E-state index is 13.9. The monoisotopic (exact) mass is 284 g/mol. The van der Waals surface area contributed by atoms with Crippen molar-refractivity contribution < 1.29 is 18.5 Å². The van der Waals surface area contributed by atoms with E-state index in [0.717, 1.165) is 12.8 Å². The van der Waals surface area contributed by atoms with Crippen molar-refractivity contribution in [3.05, 3.63) is 39.4 Å². The van der Waals surface area contributed by atoms with Crippen LogP contribution in [0.25, 0.3) is 0 Å². The normalized spacial score (nSPS) is 18.4. The maximum atomic E-state index is 13.9. The number of amides is 1. The van der Waals surface area contributed by atoms with E-state index in [0.29, 0.717) is 31.1 Å². The van der Waals surface area contributed by atoms with E-state index in [1.54, 1.807) is 0 Å². The predicted molar refractivity (Wildman–Crippen MR) is 67.3 cm³/mol. The molecule has 1 atom stereocenters. The van der Waals surface area contributed by atoms with E-state index >= 15 is 0 Å². The molecular weight excluding hydrogens is 270 g/mol. The number of benzene rings is 1. The first kappa shape index (κ1) is 14.4. The summed E-state index contributed by atoms with van der Waals surface area (Å²) in [5.41, 5.74) is -1.59. The zero-order valence-electron chi connectivity index (χ0n) is 10.9. The molecule has 7 heteroatoms. The average Bonchev–Trinajstić information content (AvgIpc) is 2.88. The van der Waals surface area contributed by atoms with Crippen LogP contribution in [0, 0.1) is 27.7 Å². The number of carbonyl (C=O) groups is 1. The van der Waals surface area contributed by atoms with E-state index in [1.165, 1.54) is 4.90 Å². The highest BCUT2D eigenvalue weighted by atomic mass is 19.1. The van der Waals surface area contributed by atoms with Crippen LogP contribution < -0.4 is 0 Å². The van der Waals surface area contributed by atoms with Crippen molar-refractivity contribution in [3.8, 4) is 0 Å². The van der Waals surface area contributed by atoms with Crippen LogP contribution in [0.5, 0.6) is 0 Å². The Balaban J connectivity index is 2.33. The van der Waals surface area contributed by atoms with Crippen LogP contribution in [0.4, 0.5) is 14.5 Å². The van der Waals surface area contributed by atoms with Crippen molar-refractivity contribution in [2.75, 3.05) is 13.1 Å². The molecule has 1 fully saturated rings. The molecule has 1 saturated heterocycles. The largest absolute Gasteiger partial charge is 0.338 e. The summed E-state index contributed by atoms with van der Waals surface area (Å²) in [5.74, 6) is -2.62. The van der Waals surface area contributed by atoms with Gasteiger partial charge in [0.25, 0.3) is 5.91 Å². The Kier molecular flexibility index (Phi) is 3.96. The van der Waals surface area contributed by atoms with E-state index in [2.05, 4.69) is 0 Å². The standard InChI is InChI=1S/C13H14F2N2O3/c1-2-8-3-4-16(7-8)13(18)10-5-9(14)6-11(12(10)15)17(19)20/h5-6,8H,2-4,7H2,1H3. The minimum atomic E-state index is -1.28.